The van der Waals surface area contributed by atoms with Gasteiger partial charge in [-0.2, -0.15) is 5.26 Å². The van der Waals surface area contributed by atoms with Gasteiger partial charge in [0, 0.05) is 0 Å². The van der Waals surface area contributed by atoms with E-state index in [2.05, 4.69) is 13.8 Å². The Hall–Kier alpha value is -1.36. The highest BCUT2D eigenvalue weighted by molar-refractivity contribution is 5.32. The summed E-state index contributed by atoms with van der Waals surface area (Å²) >= 11 is 0. The topological polar surface area (TPSA) is 23.8 Å². The monoisotopic (exact) mass is 209 g/mol. The molecule has 0 saturated carbocycles. The number of hydrogen-bond acceptors (Lipinski definition) is 1. The fraction of sp³-hybridized carbons (Fsp3) is 0.462. The third-order valence-corrected chi connectivity index (χ3v) is 1.29. The maximum absolute atomic E-state index is 12.5. The number of benzene rings is 1. The van der Waals surface area contributed by atoms with Crippen molar-refractivity contribution in [3.8, 4) is 6.07 Å². The van der Waals surface area contributed by atoms with Gasteiger partial charge in [0.05, 0.1) is 11.6 Å². The van der Waals surface area contributed by atoms with Crippen LogP contribution in [-0.4, -0.2) is 0 Å². The standard InChI is InChI=1S/C8H6FN.C3H8.C2H6/c1-6-4-7(5-10)2-3-8(6)9;1-3-2;1-2/h2-4H,1H3;3H2,1-2H3;1-2H3. The average molecular weight is 209 g/mol. The van der Waals surface area contributed by atoms with Gasteiger partial charge in [-0.25, -0.2) is 4.39 Å². The highest BCUT2D eigenvalue weighted by Crippen LogP contribution is 2.07. The van der Waals surface area contributed by atoms with Crippen molar-refractivity contribution in [3.63, 3.8) is 0 Å². The lowest BCUT2D eigenvalue weighted by atomic mass is 10.1. The van der Waals surface area contributed by atoms with E-state index >= 15 is 0 Å². The van der Waals surface area contributed by atoms with Crippen molar-refractivity contribution in [3.05, 3.63) is 35.1 Å². The van der Waals surface area contributed by atoms with Gasteiger partial charge in [-0.3, -0.25) is 0 Å². The summed E-state index contributed by atoms with van der Waals surface area (Å²) < 4.78 is 12.5. The first kappa shape index (κ1) is 16.1. The van der Waals surface area contributed by atoms with Crippen LogP contribution in [-0.2, 0) is 0 Å². The van der Waals surface area contributed by atoms with Gasteiger partial charge in [-0.05, 0) is 30.7 Å². The fourth-order valence-corrected chi connectivity index (χ4v) is 0.714. The van der Waals surface area contributed by atoms with Crippen molar-refractivity contribution in [1.82, 2.24) is 0 Å². The summed E-state index contributed by atoms with van der Waals surface area (Å²) in [5.74, 6) is -0.265. The molecule has 1 aromatic carbocycles. The van der Waals surface area contributed by atoms with Gasteiger partial charge in [0.2, 0.25) is 0 Å². The zero-order valence-corrected chi connectivity index (χ0v) is 10.3. The van der Waals surface area contributed by atoms with Crippen LogP contribution in [0.15, 0.2) is 18.2 Å². The van der Waals surface area contributed by atoms with Crippen LogP contribution in [0.4, 0.5) is 4.39 Å². The Kier molecular flexibility index (Phi) is 11.5. The summed E-state index contributed by atoms with van der Waals surface area (Å²) in [5.41, 5.74) is 1.01. The van der Waals surface area contributed by atoms with Gasteiger partial charge in [-0.1, -0.05) is 34.1 Å². The Labute approximate surface area is 92.6 Å². The lowest BCUT2D eigenvalue weighted by molar-refractivity contribution is 0.618. The highest BCUT2D eigenvalue weighted by Gasteiger charge is 1.95. The molecule has 0 fully saturated rings. The number of hydrogen-bond donors (Lipinski definition) is 0. The number of aryl methyl sites for hydroxylation is 1. The Morgan fingerprint density at radius 1 is 1.27 bits per heavy atom. The molecule has 0 unspecified atom stereocenters. The van der Waals surface area contributed by atoms with Crippen LogP contribution in [0.5, 0.6) is 0 Å². The largest absolute Gasteiger partial charge is 0.207 e. The van der Waals surface area contributed by atoms with E-state index in [0.717, 1.165) is 0 Å². The first-order chi connectivity index (χ1) is 7.15. The second-order valence-corrected chi connectivity index (χ2v) is 2.78. The molecule has 0 aromatic heterocycles. The minimum Gasteiger partial charge on any atom is -0.207 e. The molecule has 0 aliphatic heterocycles. The van der Waals surface area contributed by atoms with Crippen LogP contribution < -0.4 is 0 Å². The summed E-state index contributed by atoms with van der Waals surface area (Å²) in [7, 11) is 0. The molecule has 0 aliphatic carbocycles. The third kappa shape index (κ3) is 7.69. The van der Waals surface area contributed by atoms with Crippen molar-refractivity contribution in [2.45, 2.75) is 41.0 Å². The minimum absolute atomic E-state index is 0.265. The molecule has 0 heterocycles. The smallest absolute Gasteiger partial charge is 0.126 e. The van der Waals surface area contributed by atoms with Crippen molar-refractivity contribution in [2.24, 2.45) is 0 Å². The molecular weight excluding hydrogens is 189 g/mol. The first-order valence-electron chi connectivity index (χ1n) is 5.31. The molecule has 0 N–H and O–H groups in total. The van der Waals surface area contributed by atoms with Gasteiger partial charge >= 0.3 is 0 Å². The van der Waals surface area contributed by atoms with Crippen LogP contribution in [0.1, 0.15) is 45.2 Å². The summed E-state index contributed by atoms with van der Waals surface area (Å²) in [6.45, 7) is 9.89. The average Bonchev–Trinajstić information content (AvgIpc) is 2.26. The Morgan fingerprint density at radius 3 is 2.07 bits per heavy atom. The molecule has 0 bridgehead atoms. The second kappa shape index (κ2) is 10.7. The normalized spacial score (nSPS) is 7.53. The molecule has 1 aromatic rings. The van der Waals surface area contributed by atoms with E-state index < -0.39 is 0 Å². The van der Waals surface area contributed by atoms with Gasteiger partial charge in [0.15, 0.2) is 0 Å². The van der Waals surface area contributed by atoms with Crippen LogP contribution in [0, 0.1) is 24.1 Å². The quantitative estimate of drug-likeness (QED) is 0.619. The minimum atomic E-state index is -0.265. The van der Waals surface area contributed by atoms with E-state index in [0.29, 0.717) is 11.1 Å². The molecule has 1 rings (SSSR count). The maximum Gasteiger partial charge on any atom is 0.126 e. The van der Waals surface area contributed by atoms with Crippen LogP contribution in [0.25, 0.3) is 0 Å². The van der Waals surface area contributed by atoms with E-state index in [-0.39, 0.29) is 5.82 Å². The molecule has 1 nitrogen and oxygen atoms in total. The van der Waals surface area contributed by atoms with Crippen molar-refractivity contribution < 1.29 is 4.39 Å². The number of halogens is 1. The van der Waals surface area contributed by atoms with Crippen LogP contribution in [0.2, 0.25) is 0 Å². The zero-order valence-electron chi connectivity index (χ0n) is 10.3. The van der Waals surface area contributed by atoms with Crippen LogP contribution in [0.3, 0.4) is 0 Å². The lowest BCUT2D eigenvalue weighted by Crippen LogP contribution is -1.82. The van der Waals surface area contributed by atoms with E-state index in [4.69, 9.17) is 5.26 Å². The van der Waals surface area contributed by atoms with E-state index in [1.54, 1.807) is 6.92 Å². The number of rotatable bonds is 0. The zero-order chi connectivity index (χ0) is 12.3. The van der Waals surface area contributed by atoms with E-state index in [9.17, 15) is 4.39 Å². The van der Waals surface area contributed by atoms with Gasteiger partial charge < -0.3 is 0 Å². The molecular formula is C13H20FN. The van der Waals surface area contributed by atoms with E-state index in [1.807, 2.05) is 19.9 Å². The summed E-state index contributed by atoms with van der Waals surface area (Å²) in [6, 6.07) is 6.21. The molecule has 0 spiro atoms. The summed E-state index contributed by atoms with van der Waals surface area (Å²) in [4.78, 5) is 0. The SMILES string of the molecule is CC.CCC.Cc1cc(C#N)ccc1F. The van der Waals surface area contributed by atoms with Crippen LogP contribution >= 0.6 is 0 Å². The van der Waals surface area contributed by atoms with Gasteiger partial charge in [0.1, 0.15) is 5.82 Å². The molecule has 0 saturated heterocycles. The number of nitrogens with zero attached hydrogens (tertiary/aromatic N) is 1. The fourth-order valence-electron chi connectivity index (χ4n) is 0.714. The Balaban J connectivity index is 0. The molecule has 0 amide bonds. The summed E-state index contributed by atoms with van der Waals surface area (Å²) in [5, 5.41) is 8.38. The van der Waals surface area contributed by atoms with Gasteiger partial charge in [0.25, 0.3) is 0 Å². The predicted molar refractivity (Wildman–Crippen MR) is 63.2 cm³/mol. The maximum atomic E-state index is 12.5. The third-order valence-electron chi connectivity index (χ3n) is 1.29. The summed E-state index contributed by atoms with van der Waals surface area (Å²) in [6.07, 6.45) is 1.25. The molecule has 84 valence electrons. The molecule has 2 heteroatoms. The predicted octanol–water partition coefficient (Wildman–Crippen LogP) is 4.45. The Morgan fingerprint density at radius 2 is 1.73 bits per heavy atom. The number of nitriles is 1. The highest BCUT2D eigenvalue weighted by atomic mass is 19.1. The van der Waals surface area contributed by atoms with E-state index in [1.165, 1.54) is 24.6 Å². The molecule has 15 heavy (non-hydrogen) atoms. The second-order valence-electron chi connectivity index (χ2n) is 2.78. The molecule has 0 radical (unpaired) electrons. The van der Waals surface area contributed by atoms with Crippen molar-refractivity contribution >= 4 is 0 Å². The molecule has 0 atom stereocenters. The lowest BCUT2D eigenvalue weighted by Gasteiger charge is -1.93. The van der Waals surface area contributed by atoms with Crippen molar-refractivity contribution in [1.29, 1.82) is 5.26 Å². The molecule has 0 aliphatic rings. The Bertz CT molecular complexity index is 300. The van der Waals surface area contributed by atoms with Gasteiger partial charge in [-0.15, -0.1) is 0 Å². The first-order valence-corrected chi connectivity index (χ1v) is 5.31. The van der Waals surface area contributed by atoms with Crippen molar-refractivity contribution in [2.75, 3.05) is 0 Å².